The summed E-state index contributed by atoms with van der Waals surface area (Å²) in [5.41, 5.74) is 1.85. The van der Waals surface area contributed by atoms with Gasteiger partial charge < -0.3 is 10.2 Å². The van der Waals surface area contributed by atoms with Crippen LogP contribution in [0.2, 0.25) is 0 Å². The molecule has 138 valence electrons. The molecule has 2 aromatic heterocycles. The number of hydrogen-bond donors (Lipinski definition) is 1. The Labute approximate surface area is 155 Å². The number of aryl methyl sites for hydroxylation is 1. The summed E-state index contributed by atoms with van der Waals surface area (Å²) in [6.07, 6.45) is 4.87. The number of carbonyl (C=O) groups excluding carboxylic acids is 2. The van der Waals surface area contributed by atoms with Gasteiger partial charge >= 0.3 is 0 Å². The van der Waals surface area contributed by atoms with Crippen molar-refractivity contribution in [2.75, 3.05) is 13.1 Å². The minimum absolute atomic E-state index is 0.0220. The molecule has 1 aliphatic rings. The van der Waals surface area contributed by atoms with E-state index in [1.54, 1.807) is 39.9 Å². The van der Waals surface area contributed by atoms with E-state index in [4.69, 9.17) is 0 Å². The zero-order chi connectivity index (χ0) is 18.8. The SMILES string of the molecule is Cn1cc(C(=O)N2CC(n3cc(C(=O)NCc4ccccc4)nn3)C2)cn1. The normalized spacial score (nSPS) is 14.0. The van der Waals surface area contributed by atoms with Gasteiger partial charge in [0.05, 0.1) is 24.0 Å². The zero-order valence-corrected chi connectivity index (χ0v) is 14.8. The Morgan fingerprint density at radius 2 is 1.96 bits per heavy atom. The Hall–Kier alpha value is -3.49. The van der Waals surface area contributed by atoms with Gasteiger partial charge in [0.2, 0.25) is 0 Å². The molecule has 9 heteroatoms. The molecule has 0 spiro atoms. The van der Waals surface area contributed by atoms with Crippen LogP contribution in [-0.4, -0.2) is 54.6 Å². The Bertz CT molecular complexity index is 957. The maximum Gasteiger partial charge on any atom is 0.273 e. The molecule has 1 N–H and O–H groups in total. The molecule has 9 nitrogen and oxygen atoms in total. The van der Waals surface area contributed by atoms with Crippen molar-refractivity contribution < 1.29 is 9.59 Å². The highest BCUT2D eigenvalue weighted by molar-refractivity contribution is 5.94. The first-order valence-corrected chi connectivity index (χ1v) is 8.62. The van der Waals surface area contributed by atoms with Crippen LogP contribution in [0.25, 0.3) is 0 Å². The molecular formula is C18H19N7O2. The third-order valence-electron chi connectivity index (χ3n) is 4.51. The van der Waals surface area contributed by atoms with Crippen molar-refractivity contribution in [3.8, 4) is 0 Å². The number of nitrogens with zero attached hydrogens (tertiary/aromatic N) is 6. The van der Waals surface area contributed by atoms with Crippen LogP contribution in [0.4, 0.5) is 0 Å². The maximum atomic E-state index is 12.3. The van der Waals surface area contributed by atoms with E-state index in [0.717, 1.165) is 5.56 Å². The van der Waals surface area contributed by atoms with E-state index in [0.29, 0.717) is 25.2 Å². The number of hydrogen-bond acceptors (Lipinski definition) is 5. The van der Waals surface area contributed by atoms with Crippen molar-refractivity contribution in [2.24, 2.45) is 7.05 Å². The summed E-state index contributed by atoms with van der Waals surface area (Å²) in [7, 11) is 1.77. The van der Waals surface area contributed by atoms with E-state index in [1.165, 1.54) is 0 Å². The summed E-state index contributed by atoms with van der Waals surface area (Å²) < 4.78 is 3.24. The molecule has 0 aliphatic carbocycles. The molecule has 27 heavy (non-hydrogen) atoms. The van der Waals surface area contributed by atoms with E-state index in [1.807, 2.05) is 30.3 Å². The first-order valence-electron chi connectivity index (χ1n) is 8.62. The van der Waals surface area contributed by atoms with Gasteiger partial charge in [-0.05, 0) is 5.56 Å². The highest BCUT2D eigenvalue weighted by Gasteiger charge is 2.34. The first kappa shape index (κ1) is 17.0. The highest BCUT2D eigenvalue weighted by atomic mass is 16.2. The van der Waals surface area contributed by atoms with E-state index >= 15 is 0 Å². The van der Waals surface area contributed by atoms with Crippen molar-refractivity contribution in [3.05, 3.63) is 65.7 Å². The molecule has 1 aliphatic heterocycles. The summed E-state index contributed by atoms with van der Waals surface area (Å²) >= 11 is 0. The molecule has 0 bridgehead atoms. The Morgan fingerprint density at radius 3 is 2.67 bits per heavy atom. The average molecular weight is 365 g/mol. The third-order valence-corrected chi connectivity index (χ3v) is 4.51. The van der Waals surface area contributed by atoms with Crippen LogP contribution >= 0.6 is 0 Å². The lowest BCUT2D eigenvalue weighted by Gasteiger charge is -2.38. The Balaban J connectivity index is 1.31. The van der Waals surface area contributed by atoms with Crippen molar-refractivity contribution in [3.63, 3.8) is 0 Å². The number of nitrogens with one attached hydrogen (secondary N) is 1. The predicted octanol–water partition coefficient (Wildman–Crippen LogP) is 0.639. The molecule has 1 aromatic carbocycles. The minimum atomic E-state index is -0.271. The quantitative estimate of drug-likeness (QED) is 0.715. The summed E-state index contributed by atoms with van der Waals surface area (Å²) in [5.74, 6) is -0.326. The summed E-state index contributed by atoms with van der Waals surface area (Å²) in [4.78, 5) is 26.3. The van der Waals surface area contributed by atoms with Crippen molar-refractivity contribution in [1.82, 2.24) is 35.0 Å². The van der Waals surface area contributed by atoms with E-state index in [-0.39, 0.29) is 23.6 Å². The molecule has 1 saturated heterocycles. The third kappa shape index (κ3) is 3.57. The van der Waals surface area contributed by atoms with Crippen molar-refractivity contribution in [1.29, 1.82) is 0 Å². The smallest absolute Gasteiger partial charge is 0.273 e. The maximum absolute atomic E-state index is 12.3. The van der Waals surface area contributed by atoms with Gasteiger partial charge in [-0.1, -0.05) is 35.5 Å². The lowest BCUT2D eigenvalue weighted by Crippen LogP contribution is -2.50. The fourth-order valence-corrected chi connectivity index (χ4v) is 2.93. The van der Waals surface area contributed by atoms with Crippen LogP contribution in [0.3, 0.4) is 0 Å². The van der Waals surface area contributed by atoms with Gasteiger partial charge in [-0.2, -0.15) is 5.10 Å². The predicted molar refractivity (Wildman–Crippen MR) is 95.8 cm³/mol. The van der Waals surface area contributed by atoms with Gasteiger partial charge in [0.15, 0.2) is 5.69 Å². The largest absolute Gasteiger partial charge is 0.347 e. The average Bonchev–Trinajstić information content (AvgIpc) is 3.29. The molecule has 2 amide bonds. The molecule has 0 saturated carbocycles. The molecule has 3 aromatic rings. The Morgan fingerprint density at radius 1 is 1.19 bits per heavy atom. The number of likely N-dealkylation sites (tertiary alicyclic amines) is 1. The lowest BCUT2D eigenvalue weighted by atomic mass is 10.1. The van der Waals surface area contributed by atoms with Gasteiger partial charge in [0.25, 0.3) is 11.8 Å². The highest BCUT2D eigenvalue weighted by Crippen LogP contribution is 2.22. The lowest BCUT2D eigenvalue weighted by molar-refractivity contribution is 0.0498. The fraction of sp³-hybridized carbons (Fsp3) is 0.278. The van der Waals surface area contributed by atoms with Crippen molar-refractivity contribution in [2.45, 2.75) is 12.6 Å². The fourth-order valence-electron chi connectivity index (χ4n) is 2.93. The molecule has 1 fully saturated rings. The number of aromatic nitrogens is 5. The van der Waals surface area contributed by atoms with Crippen LogP contribution in [-0.2, 0) is 13.6 Å². The minimum Gasteiger partial charge on any atom is -0.347 e. The van der Waals surface area contributed by atoms with Crippen LogP contribution in [0.15, 0.2) is 48.9 Å². The molecule has 0 radical (unpaired) electrons. The molecule has 0 atom stereocenters. The summed E-state index contributed by atoms with van der Waals surface area (Å²) in [6, 6.07) is 9.69. The number of rotatable bonds is 5. The van der Waals surface area contributed by atoms with Crippen LogP contribution in [0.1, 0.15) is 32.5 Å². The second-order valence-electron chi connectivity index (χ2n) is 6.52. The topological polar surface area (TPSA) is 97.9 Å². The van der Waals surface area contributed by atoms with Gasteiger partial charge in [-0.25, -0.2) is 4.68 Å². The number of benzene rings is 1. The summed E-state index contributed by atoms with van der Waals surface area (Å²) in [5, 5.41) is 14.8. The van der Waals surface area contributed by atoms with Gasteiger partial charge in [0.1, 0.15) is 0 Å². The number of amides is 2. The summed E-state index contributed by atoms with van der Waals surface area (Å²) in [6.45, 7) is 1.49. The molecule has 4 rings (SSSR count). The molecular weight excluding hydrogens is 346 g/mol. The van der Waals surface area contributed by atoms with Crippen LogP contribution < -0.4 is 5.32 Å². The monoisotopic (exact) mass is 365 g/mol. The second kappa shape index (κ2) is 7.02. The standard InChI is InChI=1S/C18H19N7O2/c1-23-9-14(8-20-23)18(27)24-10-15(11-24)25-12-16(21-22-25)17(26)19-7-13-5-3-2-4-6-13/h2-6,8-9,12,15H,7,10-11H2,1H3,(H,19,26). The Kier molecular flexibility index (Phi) is 4.41. The van der Waals surface area contributed by atoms with Gasteiger partial charge in [-0.15, -0.1) is 5.10 Å². The molecule has 0 unspecified atom stereocenters. The first-order chi connectivity index (χ1) is 13.1. The zero-order valence-electron chi connectivity index (χ0n) is 14.8. The number of carbonyl (C=O) groups is 2. The van der Waals surface area contributed by atoms with Crippen molar-refractivity contribution >= 4 is 11.8 Å². The van der Waals surface area contributed by atoms with Crippen LogP contribution in [0.5, 0.6) is 0 Å². The molecule has 3 heterocycles. The van der Waals surface area contributed by atoms with E-state index in [9.17, 15) is 9.59 Å². The van der Waals surface area contributed by atoms with Gasteiger partial charge in [0, 0.05) is 32.9 Å². The second-order valence-corrected chi connectivity index (χ2v) is 6.52. The van der Waals surface area contributed by atoms with Gasteiger partial charge in [-0.3, -0.25) is 14.3 Å². The van der Waals surface area contributed by atoms with E-state index < -0.39 is 0 Å². The van der Waals surface area contributed by atoms with Crippen LogP contribution in [0, 0.1) is 0 Å². The van der Waals surface area contributed by atoms with E-state index in [2.05, 4.69) is 20.7 Å².